The van der Waals surface area contributed by atoms with Crippen molar-refractivity contribution >= 4 is 11.6 Å². The third kappa shape index (κ3) is 4.52. The van der Waals surface area contributed by atoms with Gasteiger partial charge in [0.1, 0.15) is 17.5 Å². The predicted molar refractivity (Wildman–Crippen MR) is 84.3 cm³/mol. The summed E-state index contributed by atoms with van der Waals surface area (Å²) >= 11 is 0. The van der Waals surface area contributed by atoms with Crippen LogP contribution in [0.3, 0.4) is 0 Å². The quantitative estimate of drug-likeness (QED) is 0.559. The van der Waals surface area contributed by atoms with Crippen molar-refractivity contribution in [1.29, 1.82) is 0 Å². The molecule has 0 amide bonds. The number of morpholine rings is 1. The second-order valence-electron chi connectivity index (χ2n) is 6.49. The van der Waals surface area contributed by atoms with Crippen LogP contribution in [0.2, 0.25) is 0 Å². The summed E-state index contributed by atoms with van der Waals surface area (Å²) in [5, 5.41) is 3.32. The van der Waals surface area contributed by atoms with Crippen molar-refractivity contribution in [3.63, 3.8) is 0 Å². The molecule has 2 heterocycles. The lowest BCUT2D eigenvalue weighted by Crippen LogP contribution is -2.43. The number of aromatic nitrogens is 2. The highest BCUT2D eigenvalue weighted by Gasteiger charge is 2.20. The number of hydrazine groups is 1. The molecule has 4 N–H and O–H groups in total. The molecule has 1 unspecified atom stereocenters. The van der Waals surface area contributed by atoms with Crippen molar-refractivity contribution in [2.45, 2.75) is 32.3 Å². The number of nitrogens with one attached hydrogen (secondary N) is 2. The van der Waals surface area contributed by atoms with Gasteiger partial charge in [0.05, 0.1) is 12.7 Å². The Morgan fingerprint density at radius 3 is 2.71 bits per heavy atom. The number of likely N-dealkylation sites (N-methyl/N-ethyl adjacent to an activating group) is 1. The Morgan fingerprint density at radius 2 is 2.10 bits per heavy atom. The number of nitrogen functional groups attached to an aromatic ring is 1. The van der Waals surface area contributed by atoms with Crippen LogP contribution in [0.25, 0.3) is 0 Å². The lowest BCUT2D eigenvalue weighted by molar-refractivity contribution is -0.0117. The molecule has 1 aromatic heterocycles. The van der Waals surface area contributed by atoms with Crippen molar-refractivity contribution in [2.24, 2.45) is 5.84 Å². The average molecular weight is 294 g/mol. The smallest absolute Gasteiger partial charge is 0.145 e. The van der Waals surface area contributed by atoms with E-state index in [-0.39, 0.29) is 11.5 Å². The normalized spacial score (nSPS) is 20.3. The third-order valence-corrected chi connectivity index (χ3v) is 3.40. The van der Waals surface area contributed by atoms with E-state index >= 15 is 0 Å². The van der Waals surface area contributed by atoms with Gasteiger partial charge in [0.25, 0.3) is 0 Å². The number of rotatable bonds is 4. The van der Waals surface area contributed by atoms with Crippen molar-refractivity contribution in [3.8, 4) is 0 Å². The van der Waals surface area contributed by atoms with E-state index in [1.165, 1.54) is 0 Å². The molecule has 1 fully saturated rings. The summed E-state index contributed by atoms with van der Waals surface area (Å²) in [7, 11) is 2.11. The molecule has 0 saturated carbocycles. The van der Waals surface area contributed by atoms with Crippen molar-refractivity contribution in [2.75, 3.05) is 44.0 Å². The Kier molecular flexibility index (Phi) is 4.97. The molecule has 0 bridgehead atoms. The summed E-state index contributed by atoms with van der Waals surface area (Å²) in [6, 6.07) is 1.81. The second-order valence-corrected chi connectivity index (χ2v) is 6.49. The van der Waals surface area contributed by atoms with Crippen molar-refractivity contribution in [3.05, 3.63) is 11.9 Å². The minimum Gasteiger partial charge on any atom is -0.374 e. The van der Waals surface area contributed by atoms with Gasteiger partial charge < -0.3 is 20.4 Å². The second kappa shape index (κ2) is 6.55. The lowest BCUT2D eigenvalue weighted by Gasteiger charge is -2.30. The Labute approximate surface area is 126 Å². The Morgan fingerprint density at radius 1 is 1.38 bits per heavy atom. The van der Waals surface area contributed by atoms with E-state index in [0.29, 0.717) is 5.82 Å². The molecule has 7 nitrogen and oxygen atoms in total. The number of hydrogen-bond acceptors (Lipinski definition) is 7. The molecule has 0 aliphatic carbocycles. The number of nitrogens with two attached hydrogens (primary N) is 1. The van der Waals surface area contributed by atoms with Crippen molar-refractivity contribution in [1.82, 2.24) is 14.9 Å². The summed E-state index contributed by atoms with van der Waals surface area (Å²) in [4.78, 5) is 11.2. The van der Waals surface area contributed by atoms with Crippen LogP contribution in [-0.4, -0.2) is 54.3 Å². The number of nitrogens with zero attached hydrogens (tertiary/aromatic N) is 3. The minimum absolute atomic E-state index is 0.134. The van der Waals surface area contributed by atoms with E-state index in [1.54, 1.807) is 0 Å². The zero-order valence-electron chi connectivity index (χ0n) is 13.3. The summed E-state index contributed by atoms with van der Waals surface area (Å²) in [5.74, 6) is 7.61. The molecule has 21 heavy (non-hydrogen) atoms. The van der Waals surface area contributed by atoms with Gasteiger partial charge in [-0.05, 0) is 7.05 Å². The maximum atomic E-state index is 5.74. The van der Waals surface area contributed by atoms with Crippen LogP contribution in [0.15, 0.2) is 6.07 Å². The first-order valence-electron chi connectivity index (χ1n) is 7.28. The minimum atomic E-state index is -0.134. The van der Waals surface area contributed by atoms with E-state index in [2.05, 4.69) is 53.4 Å². The molecule has 0 spiro atoms. The van der Waals surface area contributed by atoms with Gasteiger partial charge in [-0.15, -0.1) is 0 Å². The molecule has 1 aliphatic rings. The van der Waals surface area contributed by atoms with Crippen LogP contribution in [0.5, 0.6) is 0 Å². The van der Waals surface area contributed by atoms with Gasteiger partial charge in [0.15, 0.2) is 0 Å². The summed E-state index contributed by atoms with van der Waals surface area (Å²) in [5.41, 5.74) is 2.46. The van der Waals surface area contributed by atoms with Crippen molar-refractivity contribution < 1.29 is 4.74 Å². The first-order chi connectivity index (χ1) is 9.88. The number of ether oxygens (including phenoxy) is 1. The molecule has 1 aromatic rings. The molecule has 7 heteroatoms. The summed E-state index contributed by atoms with van der Waals surface area (Å²) in [6.07, 6.45) is 0.172. The maximum absolute atomic E-state index is 5.74. The van der Waals surface area contributed by atoms with Crippen LogP contribution in [0.1, 0.15) is 26.6 Å². The average Bonchev–Trinajstić information content (AvgIpc) is 2.44. The molecular weight excluding hydrogens is 268 g/mol. The van der Waals surface area contributed by atoms with Gasteiger partial charge in [-0.3, -0.25) is 0 Å². The zero-order chi connectivity index (χ0) is 15.5. The van der Waals surface area contributed by atoms with Gasteiger partial charge >= 0.3 is 0 Å². The summed E-state index contributed by atoms with van der Waals surface area (Å²) < 4.78 is 5.74. The first kappa shape index (κ1) is 15.9. The van der Waals surface area contributed by atoms with E-state index < -0.39 is 0 Å². The molecule has 1 atom stereocenters. The van der Waals surface area contributed by atoms with E-state index in [4.69, 9.17) is 10.6 Å². The topological polar surface area (TPSA) is 88.3 Å². The van der Waals surface area contributed by atoms with Crippen LogP contribution in [0.4, 0.5) is 11.6 Å². The van der Waals surface area contributed by atoms with E-state index in [0.717, 1.165) is 37.9 Å². The highest BCUT2D eigenvalue weighted by molar-refractivity contribution is 5.47. The fourth-order valence-corrected chi connectivity index (χ4v) is 2.16. The zero-order valence-corrected chi connectivity index (χ0v) is 13.3. The number of anilines is 2. The molecule has 1 saturated heterocycles. The van der Waals surface area contributed by atoms with Crippen LogP contribution in [0, 0.1) is 0 Å². The molecule has 118 valence electrons. The highest BCUT2D eigenvalue weighted by atomic mass is 16.5. The maximum Gasteiger partial charge on any atom is 0.145 e. The van der Waals surface area contributed by atoms with E-state index in [1.807, 2.05) is 6.07 Å². The van der Waals surface area contributed by atoms with Gasteiger partial charge in [-0.1, -0.05) is 20.8 Å². The largest absolute Gasteiger partial charge is 0.374 e. The fraction of sp³-hybridized carbons (Fsp3) is 0.714. The van der Waals surface area contributed by atoms with Gasteiger partial charge in [-0.2, -0.15) is 0 Å². The van der Waals surface area contributed by atoms with Gasteiger partial charge in [0, 0.05) is 31.1 Å². The van der Waals surface area contributed by atoms with Crippen LogP contribution >= 0.6 is 0 Å². The van der Waals surface area contributed by atoms with E-state index in [9.17, 15) is 0 Å². The van der Waals surface area contributed by atoms with Gasteiger partial charge in [-0.25, -0.2) is 15.8 Å². The van der Waals surface area contributed by atoms with Crippen LogP contribution in [-0.2, 0) is 10.2 Å². The molecule has 2 rings (SSSR count). The monoisotopic (exact) mass is 294 g/mol. The standard InChI is InChI=1S/C14H26N6O/c1-14(2,3)13-17-11(7-12(18-13)19-15)16-8-10-9-20(4)5-6-21-10/h7,10H,5-6,8-9,15H2,1-4H3,(H2,16,17,18,19). The lowest BCUT2D eigenvalue weighted by atomic mass is 9.96. The van der Waals surface area contributed by atoms with Crippen LogP contribution < -0.4 is 16.6 Å². The third-order valence-electron chi connectivity index (χ3n) is 3.40. The predicted octanol–water partition coefficient (Wildman–Crippen LogP) is 0.802. The Bertz CT molecular complexity index is 473. The fourth-order valence-electron chi connectivity index (χ4n) is 2.16. The van der Waals surface area contributed by atoms with Gasteiger partial charge in [0.2, 0.25) is 0 Å². The molecule has 0 aromatic carbocycles. The first-order valence-corrected chi connectivity index (χ1v) is 7.28. The summed E-state index contributed by atoms with van der Waals surface area (Å²) in [6.45, 7) is 9.62. The Balaban J connectivity index is 2.05. The number of hydrogen-bond donors (Lipinski definition) is 3. The molecular formula is C14H26N6O. The SMILES string of the molecule is CN1CCOC(CNc2cc(NN)nc(C(C)(C)C)n2)C1. The highest BCUT2D eigenvalue weighted by Crippen LogP contribution is 2.22. The molecule has 0 radical (unpaired) electrons. The molecule has 1 aliphatic heterocycles. The Hall–Kier alpha value is -1.44.